The van der Waals surface area contributed by atoms with E-state index in [1.807, 2.05) is 6.92 Å². The summed E-state index contributed by atoms with van der Waals surface area (Å²) in [6, 6.07) is 7.09. The van der Waals surface area contributed by atoms with E-state index < -0.39 is 10.0 Å². The van der Waals surface area contributed by atoms with E-state index in [2.05, 4.69) is 0 Å². The third-order valence-corrected chi connectivity index (χ3v) is 5.99. The minimum absolute atomic E-state index is 0.260. The average Bonchev–Trinajstić information content (AvgIpc) is 2.39. The van der Waals surface area contributed by atoms with Crippen LogP contribution in [-0.4, -0.2) is 20.7 Å². The van der Waals surface area contributed by atoms with E-state index in [1.54, 1.807) is 24.3 Å². The Morgan fingerprint density at radius 3 is 2.55 bits per heavy atom. The van der Waals surface area contributed by atoms with Gasteiger partial charge in [0, 0.05) is 12.2 Å². The van der Waals surface area contributed by atoms with Gasteiger partial charge < -0.3 is 5.73 Å². The van der Waals surface area contributed by atoms with Crippen molar-refractivity contribution >= 4 is 21.4 Å². The first-order valence-electron chi connectivity index (χ1n) is 7.39. The summed E-state index contributed by atoms with van der Waals surface area (Å²) < 4.78 is 26.7. The van der Waals surface area contributed by atoms with Crippen molar-refractivity contribution in [2.75, 3.05) is 22.3 Å². The normalized spacial score (nSPS) is 17.1. The van der Waals surface area contributed by atoms with E-state index in [1.165, 1.54) is 10.7 Å². The Kier molecular flexibility index (Phi) is 4.91. The molecular weight excluding hydrogens is 272 g/mol. The first kappa shape index (κ1) is 15.2. The lowest BCUT2D eigenvalue weighted by molar-refractivity contribution is 0.384. The molecule has 1 aliphatic rings. The van der Waals surface area contributed by atoms with Crippen LogP contribution in [0.15, 0.2) is 24.3 Å². The van der Waals surface area contributed by atoms with Crippen molar-refractivity contribution in [2.24, 2.45) is 5.92 Å². The zero-order valence-electron chi connectivity index (χ0n) is 12.1. The Balaban J connectivity index is 2.16. The Labute approximate surface area is 122 Å². The van der Waals surface area contributed by atoms with Crippen molar-refractivity contribution in [3.8, 4) is 0 Å². The van der Waals surface area contributed by atoms with Gasteiger partial charge in [-0.1, -0.05) is 25.3 Å². The maximum atomic E-state index is 12.6. The van der Waals surface area contributed by atoms with Crippen LogP contribution in [0.5, 0.6) is 0 Å². The second kappa shape index (κ2) is 6.48. The molecule has 1 aromatic rings. The molecule has 0 aliphatic heterocycles. The van der Waals surface area contributed by atoms with Gasteiger partial charge in [0.1, 0.15) is 0 Å². The molecule has 20 heavy (non-hydrogen) atoms. The summed E-state index contributed by atoms with van der Waals surface area (Å²) in [5.41, 5.74) is 7.02. The summed E-state index contributed by atoms with van der Waals surface area (Å²) in [5.74, 6) is 0.569. The van der Waals surface area contributed by atoms with Gasteiger partial charge in [-0.3, -0.25) is 4.31 Å². The smallest absolute Gasteiger partial charge is 0.235 e. The molecule has 1 aliphatic carbocycles. The molecule has 0 atom stereocenters. The number of nitrogen functional groups attached to an aromatic ring is 1. The molecule has 0 unspecified atom stereocenters. The number of nitrogens with two attached hydrogens (primary N) is 1. The Hall–Kier alpha value is -1.23. The lowest BCUT2D eigenvalue weighted by Gasteiger charge is -2.27. The van der Waals surface area contributed by atoms with Crippen molar-refractivity contribution in [1.82, 2.24) is 0 Å². The van der Waals surface area contributed by atoms with Gasteiger partial charge in [-0.15, -0.1) is 0 Å². The van der Waals surface area contributed by atoms with Crippen molar-refractivity contribution < 1.29 is 8.42 Å². The summed E-state index contributed by atoms with van der Waals surface area (Å²) in [7, 11) is -3.26. The SMILES string of the molecule is CCN(c1cccc(N)c1)S(=O)(=O)CC1CCCCC1. The van der Waals surface area contributed by atoms with Crippen LogP contribution in [0.1, 0.15) is 39.0 Å². The highest BCUT2D eigenvalue weighted by Crippen LogP contribution is 2.28. The summed E-state index contributed by atoms with van der Waals surface area (Å²) >= 11 is 0. The summed E-state index contributed by atoms with van der Waals surface area (Å²) in [4.78, 5) is 0. The lowest BCUT2D eigenvalue weighted by atomic mass is 9.91. The van der Waals surface area contributed by atoms with E-state index in [0.717, 1.165) is 25.7 Å². The molecule has 0 aromatic heterocycles. The molecule has 1 saturated carbocycles. The van der Waals surface area contributed by atoms with Gasteiger partial charge in [-0.05, 0) is 43.9 Å². The number of sulfonamides is 1. The molecule has 0 radical (unpaired) electrons. The molecular formula is C15H24N2O2S. The van der Waals surface area contributed by atoms with Gasteiger partial charge in [0.05, 0.1) is 11.4 Å². The predicted molar refractivity (Wildman–Crippen MR) is 84.2 cm³/mol. The number of anilines is 2. The van der Waals surface area contributed by atoms with Crippen molar-refractivity contribution in [3.63, 3.8) is 0 Å². The summed E-state index contributed by atoms with van der Waals surface area (Å²) in [5, 5.41) is 0. The predicted octanol–water partition coefficient (Wildman–Crippen LogP) is 3.01. The minimum Gasteiger partial charge on any atom is -0.399 e. The number of nitrogens with zero attached hydrogens (tertiary/aromatic N) is 1. The standard InChI is InChI=1S/C15H24N2O2S/c1-2-17(15-10-6-9-14(16)11-15)20(18,19)12-13-7-4-3-5-8-13/h6,9-11,13H,2-5,7-8,12,16H2,1H3. The molecule has 2 rings (SSSR count). The Morgan fingerprint density at radius 2 is 1.95 bits per heavy atom. The number of benzene rings is 1. The van der Waals surface area contributed by atoms with E-state index in [9.17, 15) is 8.42 Å². The quantitative estimate of drug-likeness (QED) is 0.850. The number of hydrogen-bond donors (Lipinski definition) is 1. The van der Waals surface area contributed by atoms with Crippen LogP contribution in [0.25, 0.3) is 0 Å². The zero-order chi connectivity index (χ0) is 14.6. The molecule has 0 spiro atoms. The van der Waals surface area contributed by atoms with Crippen LogP contribution in [-0.2, 0) is 10.0 Å². The third kappa shape index (κ3) is 3.66. The molecule has 112 valence electrons. The molecule has 1 fully saturated rings. The van der Waals surface area contributed by atoms with Gasteiger partial charge in [-0.2, -0.15) is 0 Å². The van der Waals surface area contributed by atoms with Crippen LogP contribution in [0.4, 0.5) is 11.4 Å². The van der Waals surface area contributed by atoms with E-state index in [0.29, 0.717) is 23.8 Å². The highest BCUT2D eigenvalue weighted by Gasteiger charge is 2.26. The summed E-state index contributed by atoms with van der Waals surface area (Å²) in [6.07, 6.45) is 5.62. The minimum atomic E-state index is -3.26. The fourth-order valence-electron chi connectivity index (χ4n) is 2.96. The fourth-order valence-corrected chi connectivity index (χ4v) is 4.90. The van der Waals surface area contributed by atoms with Crippen LogP contribution >= 0.6 is 0 Å². The molecule has 4 nitrogen and oxygen atoms in total. The molecule has 0 saturated heterocycles. The molecule has 5 heteroatoms. The molecule has 0 heterocycles. The van der Waals surface area contributed by atoms with E-state index >= 15 is 0 Å². The largest absolute Gasteiger partial charge is 0.399 e. The van der Waals surface area contributed by atoms with E-state index in [-0.39, 0.29) is 5.75 Å². The second-order valence-corrected chi connectivity index (χ2v) is 7.48. The van der Waals surface area contributed by atoms with Gasteiger partial charge >= 0.3 is 0 Å². The molecule has 0 amide bonds. The third-order valence-electron chi connectivity index (χ3n) is 3.95. The maximum Gasteiger partial charge on any atom is 0.235 e. The van der Waals surface area contributed by atoms with Crippen molar-refractivity contribution in [3.05, 3.63) is 24.3 Å². The topological polar surface area (TPSA) is 63.4 Å². The molecule has 2 N–H and O–H groups in total. The first-order valence-corrected chi connectivity index (χ1v) is 9.00. The second-order valence-electron chi connectivity index (χ2n) is 5.54. The highest BCUT2D eigenvalue weighted by molar-refractivity contribution is 7.92. The van der Waals surface area contributed by atoms with Gasteiger partial charge in [0.2, 0.25) is 10.0 Å². The van der Waals surface area contributed by atoms with Crippen LogP contribution in [0.2, 0.25) is 0 Å². The average molecular weight is 296 g/mol. The summed E-state index contributed by atoms with van der Waals surface area (Å²) in [6.45, 7) is 2.31. The zero-order valence-corrected chi connectivity index (χ0v) is 12.9. The lowest BCUT2D eigenvalue weighted by Crippen LogP contribution is -2.35. The Bertz CT molecular complexity index is 537. The van der Waals surface area contributed by atoms with Crippen LogP contribution < -0.4 is 10.0 Å². The highest BCUT2D eigenvalue weighted by atomic mass is 32.2. The van der Waals surface area contributed by atoms with E-state index in [4.69, 9.17) is 5.73 Å². The van der Waals surface area contributed by atoms with Crippen molar-refractivity contribution in [2.45, 2.75) is 39.0 Å². The maximum absolute atomic E-state index is 12.6. The van der Waals surface area contributed by atoms with Gasteiger partial charge in [0.15, 0.2) is 0 Å². The fraction of sp³-hybridized carbons (Fsp3) is 0.600. The number of hydrogen-bond acceptors (Lipinski definition) is 3. The van der Waals surface area contributed by atoms with Gasteiger partial charge in [0.25, 0.3) is 0 Å². The van der Waals surface area contributed by atoms with Crippen LogP contribution in [0, 0.1) is 5.92 Å². The van der Waals surface area contributed by atoms with Crippen LogP contribution in [0.3, 0.4) is 0 Å². The monoisotopic (exact) mass is 296 g/mol. The van der Waals surface area contributed by atoms with Gasteiger partial charge in [-0.25, -0.2) is 8.42 Å². The Morgan fingerprint density at radius 1 is 1.25 bits per heavy atom. The molecule has 0 bridgehead atoms. The number of rotatable bonds is 5. The molecule has 1 aromatic carbocycles. The van der Waals surface area contributed by atoms with Crippen molar-refractivity contribution in [1.29, 1.82) is 0 Å². The first-order chi connectivity index (χ1) is 9.53.